The molecular formula is C17H14ClNO. The van der Waals surface area contributed by atoms with Crippen molar-refractivity contribution in [1.82, 2.24) is 4.57 Å². The highest BCUT2D eigenvalue weighted by Crippen LogP contribution is 2.24. The van der Waals surface area contributed by atoms with Crippen molar-refractivity contribution in [3.8, 4) is 0 Å². The fourth-order valence-corrected chi connectivity index (χ4v) is 2.63. The molecule has 0 spiro atoms. The fraction of sp³-hybridized carbons (Fsp3) is 0.118. The van der Waals surface area contributed by atoms with Gasteiger partial charge in [-0.05, 0) is 24.1 Å². The third-order valence-electron chi connectivity index (χ3n) is 3.49. The molecule has 0 fully saturated rings. The summed E-state index contributed by atoms with van der Waals surface area (Å²) in [6.07, 6.45) is 3.72. The van der Waals surface area contributed by atoms with E-state index in [9.17, 15) is 4.79 Å². The molecule has 2 nitrogen and oxygen atoms in total. The van der Waals surface area contributed by atoms with Gasteiger partial charge in [0, 0.05) is 28.7 Å². The first kappa shape index (κ1) is 12.9. The zero-order valence-electron chi connectivity index (χ0n) is 10.9. The Morgan fingerprint density at radius 1 is 1.10 bits per heavy atom. The summed E-state index contributed by atoms with van der Waals surface area (Å²) >= 11 is 6.06. The van der Waals surface area contributed by atoms with Gasteiger partial charge in [0.1, 0.15) is 0 Å². The minimum absolute atomic E-state index is 0.689. The van der Waals surface area contributed by atoms with E-state index < -0.39 is 0 Å². The SMILES string of the molecule is O=Cc1cn(CCc2ccccc2)c2cc(Cl)ccc12. The molecule has 20 heavy (non-hydrogen) atoms. The summed E-state index contributed by atoms with van der Waals surface area (Å²) in [4.78, 5) is 11.1. The van der Waals surface area contributed by atoms with Gasteiger partial charge in [-0.3, -0.25) is 4.79 Å². The average molecular weight is 284 g/mol. The third kappa shape index (κ3) is 2.47. The van der Waals surface area contributed by atoms with E-state index >= 15 is 0 Å². The molecule has 0 aliphatic carbocycles. The summed E-state index contributed by atoms with van der Waals surface area (Å²) < 4.78 is 2.10. The number of halogens is 1. The Balaban J connectivity index is 1.95. The van der Waals surface area contributed by atoms with Crippen LogP contribution in [0, 0.1) is 0 Å². The standard InChI is InChI=1S/C17H14ClNO/c18-15-6-7-16-14(12-20)11-19(17(16)10-15)9-8-13-4-2-1-3-5-13/h1-7,10-12H,8-9H2. The molecule has 0 amide bonds. The Labute approximate surface area is 122 Å². The summed E-state index contributed by atoms with van der Waals surface area (Å²) in [7, 11) is 0. The lowest BCUT2D eigenvalue weighted by molar-refractivity contribution is 0.112. The number of carbonyl (C=O) groups excluding carboxylic acids is 1. The number of aromatic nitrogens is 1. The van der Waals surface area contributed by atoms with Crippen molar-refractivity contribution in [3.05, 3.63) is 70.9 Å². The van der Waals surface area contributed by atoms with Gasteiger partial charge >= 0.3 is 0 Å². The molecular weight excluding hydrogens is 270 g/mol. The Kier molecular flexibility index (Phi) is 3.57. The van der Waals surface area contributed by atoms with Gasteiger partial charge in [-0.2, -0.15) is 0 Å². The van der Waals surface area contributed by atoms with Gasteiger partial charge in [0.05, 0.1) is 5.52 Å². The lowest BCUT2D eigenvalue weighted by atomic mass is 10.1. The molecule has 100 valence electrons. The number of fused-ring (bicyclic) bond motifs is 1. The maximum absolute atomic E-state index is 11.1. The second kappa shape index (κ2) is 5.51. The molecule has 1 heterocycles. The molecule has 0 aliphatic rings. The second-order valence-electron chi connectivity index (χ2n) is 4.79. The van der Waals surface area contributed by atoms with E-state index in [4.69, 9.17) is 11.6 Å². The number of aldehydes is 1. The summed E-state index contributed by atoms with van der Waals surface area (Å²) in [5.74, 6) is 0. The Morgan fingerprint density at radius 2 is 1.90 bits per heavy atom. The summed E-state index contributed by atoms with van der Waals surface area (Å²) in [5, 5.41) is 1.64. The first-order chi connectivity index (χ1) is 9.78. The van der Waals surface area contributed by atoms with E-state index in [2.05, 4.69) is 16.7 Å². The first-order valence-electron chi connectivity index (χ1n) is 6.55. The normalized spacial score (nSPS) is 10.8. The molecule has 0 bridgehead atoms. The molecule has 0 N–H and O–H groups in total. The second-order valence-corrected chi connectivity index (χ2v) is 5.23. The molecule has 0 atom stereocenters. The Hall–Kier alpha value is -2.06. The lowest BCUT2D eigenvalue weighted by Gasteiger charge is -2.05. The molecule has 3 aromatic rings. The van der Waals surface area contributed by atoms with E-state index in [1.807, 2.05) is 42.6 Å². The van der Waals surface area contributed by atoms with Crippen LogP contribution in [0.3, 0.4) is 0 Å². The van der Waals surface area contributed by atoms with E-state index in [0.29, 0.717) is 10.6 Å². The highest BCUT2D eigenvalue weighted by molar-refractivity contribution is 6.31. The molecule has 3 heteroatoms. The quantitative estimate of drug-likeness (QED) is 0.653. The van der Waals surface area contributed by atoms with Crippen molar-refractivity contribution in [3.63, 3.8) is 0 Å². The van der Waals surface area contributed by atoms with Crippen molar-refractivity contribution < 1.29 is 4.79 Å². The third-order valence-corrected chi connectivity index (χ3v) is 3.72. The van der Waals surface area contributed by atoms with E-state index in [1.54, 1.807) is 0 Å². The summed E-state index contributed by atoms with van der Waals surface area (Å²) in [5.41, 5.74) is 3.00. The van der Waals surface area contributed by atoms with E-state index in [0.717, 1.165) is 30.2 Å². The van der Waals surface area contributed by atoms with E-state index in [-0.39, 0.29) is 0 Å². The molecule has 3 rings (SSSR count). The number of nitrogens with zero attached hydrogens (tertiary/aromatic N) is 1. The van der Waals surface area contributed by atoms with Crippen molar-refractivity contribution in [2.24, 2.45) is 0 Å². The van der Waals surface area contributed by atoms with Crippen LogP contribution in [0.1, 0.15) is 15.9 Å². The van der Waals surface area contributed by atoms with Crippen LogP contribution in [0.2, 0.25) is 5.02 Å². The molecule has 2 aromatic carbocycles. The molecule has 0 saturated carbocycles. The predicted molar refractivity (Wildman–Crippen MR) is 82.5 cm³/mol. The van der Waals surface area contributed by atoms with Crippen molar-refractivity contribution >= 4 is 28.8 Å². The highest BCUT2D eigenvalue weighted by atomic mass is 35.5. The van der Waals surface area contributed by atoms with Crippen LogP contribution in [0.4, 0.5) is 0 Å². The van der Waals surface area contributed by atoms with Crippen molar-refractivity contribution in [1.29, 1.82) is 0 Å². The lowest BCUT2D eigenvalue weighted by Crippen LogP contribution is -1.99. The highest BCUT2D eigenvalue weighted by Gasteiger charge is 2.08. The zero-order valence-corrected chi connectivity index (χ0v) is 11.7. The number of benzene rings is 2. The number of aryl methyl sites for hydroxylation is 2. The minimum Gasteiger partial charge on any atom is -0.346 e. The van der Waals surface area contributed by atoms with Crippen LogP contribution >= 0.6 is 11.6 Å². The van der Waals surface area contributed by atoms with Crippen molar-refractivity contribution in [2.75, 3.05) is 0 Å². The van der Waals surface area contributed by atoms with Gasteiger partial charge in [0.2, 0.25) is 0 Å². The van der Waals surface area contributed by atoms with Gasteiger partial charge in [0.25, 0.3) is 0 Å². The van der Waals surface area contributed by atoms with Crippen LogP contribution < -0.4 is 0 Å². The maximum atomic E-state index is 11.1. The topological polar surface area (TPSA) is 22.0 Å². The number of rotatable bonds is 4. The van der Waals surface area contributed by atoms with Gasteiger partial charge in [0.15, 0.2) is 6.29 Å². The van der Waals surface area contributed by atoms with Gasteiger partial charge in [-0.1, -0.05) is 48.0 Å². The Morgan fingerprint density at radius 3 is 2.65 bits per heavy atom. The van der Waals surface area contributed by atoms with Crippen LogP contribution in [0.15, 0.2) is 54.7 Å². The molecule has 0 radical (unpaired) electrons. The first-order valence-corrected chi connectivity index (χ1v) is 6.93. The molecule has 1 aromatic heterocycles. The maximum Gasteiger partial charge on any atom is 0.152 e. The van der Waals surface area contributed by atoms with Gasteiger partial charge in [-0.15, -0.1) is 0 Å². The van der Waals surface area contributed by atoms with E-state index in [1.165, 1.54) is 5.56 Å². The average Bonchev–Trinajstić information content (AvgIpc) is 2.83. The monoisotopic (exact) mass is 283 g/mol. The number of carbonyl (C=O) groups is 1. The van der Waals surface area contributed by atoms with Crippen LogP contribution in [0.25, 0.3) is 10.9 Å². The molecule has 0 unspecified atom stereocenters. The number of hydrogen-bond acceptors (Lipinski definition) is 1. The number of hydrogen-bond donors (Lipinski definition) is 0. The van der Waals surface area contributed by atoms with Crippen LogP contribution in [0.5, 0.6) is 0 Å². The zero-order chi connectivity index (χ0) is 13.9. The largest absolute Gasteiger partial charge is 0.346 e. The predicted octanol–water partition coefficient (Wildman–Crippen LogP) is 4.35. The molecule has 0 saturated heterocycles. The molecule has 0 aliphatic heterocycles. The van der Waals surface area contributed by atoms with Gasteiger partial charge in [-0.25, -0.2) is 0 Å². The van der Waals surface area contributed by atoms with Crippen LogP contribution in [-0.2, 0) is 13.0 Å². The van der Waals surface area contributed by atoms with Crippen LogP contribution in [-0.4, -0.2) is 10.9 Å². The van der Waals surface area contributed by atoms with Gasteiger partial charge < -0.3 is 4.57 Å². The summed E-state index contributed by atoms with van der Waals surface area (Å²) in [6.45, 7) is 0.828. The smallest absolute Gasteiger partial charge is 0.152 e. The Bertz CT molecular complexity index is 746. The fourth-order valence-electron chi connectivity index (χ4n) is 2.47. The summed E-state index contributed by atoms with van der Waals surface area (Å²) in [6, 6.07) is 15.9. The minimum atomic E-state index is 0.689. The van der Waals surface area contributed by atoms with Crippen molar-refractivity contribution in [2.45, 2.75) is 13.0 Å².